The molecule has 0 amide bonds. The normalized spacial score (nSPS) is 11.9. The molecule has 0 unspecified atom stereocenters. The van der Waals surface area contributed by atoms with Crippen molar-refractivity contribution in [3.63, 3.8) is 0 Å². The second-order valence-corrected chi connectivity index (χ2v) is 5.78. The van der Waals surface area contributed by atoms with Gasteiger partial charge in [0.1, 0.15) is 0 Å². The van der Waals surface area contributed by atoms with Crippen molar-refractivity contribution in [3.8, 4) is 0 Å². The lowest BCUT2D eigenvalue weighted by atomic mass is 10.3. The van der Waals surface area contributed by atoms with Crippen LogP contribution in [0, 0.1) is 5.92 Å². The molecule has 0 aliphatic heterocycles. The van der Waals surface area contributed by atoms with Crippen molar-refractivity contribution in [2.24, 2.45) is 5.92 Å². The van der Waals surface area contributed by atoms with Gasteiger partial charge in [-0.25, -0.2) is 8.42 Å². The average molecular weight is 213 g/mol. The minimum atomic E-state index is -3.16. The average Bonchev–Trinajstić information content (AvgIpc) is 2.01. The molecule has 0 spiro atoms. The maximum atomic E-state index is 11.7. The lowest BCUT2D eigenvalue weighted by Crippen LogP contribution is -2.11. The molecule has 3 nitrogen and oxygen atoms in total. The molecule has 0 aliphatic rings. The van der Waals surface area contributed by atoms with E-state index < -0.39 is 9.84 Å². The highest BCUT2D eigenvalue weighted by molar-refractivity contribution is 7.91. The van der Waals surface area contributed by atoms with Crippen LogP contribution in [0.15, 0.2) is 29.2 Å². The van der Waals surface area contributed by atoms with Gasteiger partial charge in [0.25, 0.3) is 0 Å². The van der Waals surface area contributed by atoms with E-state index >= 15 is 0 Å². The lowest BCUT2D eigenvalue weighted by Gasteiger charge is -2.07. The van der Waals surface area contributed by atoms with Gasteiger partial charge in [-0.05, 0) is 24.1 Å². The molecule has 0 aromatic heterocycles. The SMILES string of the molecule is CC(C)CS(=O)(=O)c1cccc(N)c1. The number of hydrogen-bond donors (Lipinski definition) is 1. The zero-order chi connectivity index (χ0) is 10.8. The standard InChI is InChI=1S/C10H15NO2S/c1-8(2)7-14(12,13)10-5-3-4-9(11)6-10/h3-6,8H,7,11H2,1-2H3. The quantitative estimate of drug-likeness (QED) is 0.777. The molecule has 4 heteroatoms. The van der Waals surface area contributed by atoms with Crippen molar-refractivity contribution >= 4 is 15.5 Å². The van der Waals surface area contributed by atoms with Crippen LogP contribution in [0.25, 0.3) is 0 Å². The Morgan fingerprint density at radius 2 is 2.00 bits per heavy atom. The third-order valence-electron chi connectivity index (χ3n) is 1.77. The third-order valence-corrected chi connectivity index (χ3v) is 3.85. The molecule has 78 valence electrons. The minimum Gasteiger partial charge on any atom is -0.399 e. The first-order valence-electron chi connectivity index (χ1n) is 4.50. The summed E-state index contributed by atoms with van der Waals surface area (Å²) in [6, 6.07) is 6.41. The summed E-state index contributed by atoms with van der Waals surface area (Å²) >= 11 is 0. The number of hydrogen-bond acceptors (Lipinski definition) is 3. The van der Waals surface area contributed by atoms with Crippen LogP contribution >= 0.6 is 0 Å². The Kier molecular flexibility index (Phi) is 3.16. The number of benzene rings is 1. The van der Waals surface area contributed by atoms with Gasteiger partial charge in [-0.2, -0.15) is 0 Å². The van der Waals surface area contributed by atoms with Gasteiger partial charge in [0, 0.05) is 5.69 Å². The van der Waals surface area contributed by atoms with E-state index in [4.69, 9.17) is 5.73 Å². The molecular formula is C10H15NO2S. The van der Waals surface area contributed by atoms with Gasteiger partial charge >= 0.3 is 0 Å². The highest BCUT2D eigenvalue weighted by Gasteiger charge is 2.15. The third kappa shape index (κ3) is 2.73. The second kappa shape index (κ2) is 4.00. The highest BCUT2D eigenvalue weighted by atomic mass is 32.2. The summed E-state index contributed by atoms with van der Waals surface area (Å²) in [4.78, 5) is 0.311. The van der Waals surface area contributed by atoms with E-state index in [0.29, 0.717) is 10.6 Å². The minimum absolute atomic E-state index is 0.126. The van der Waals surface area contributed by atoms with Gasteiger partial charge in [0.2, 0.25) is 0 Å². The largest absolute Gasteiger partial charge is 0.399 e. The van der Waals surface area contributed by atoms with Gasteiger partial charge in [-0.1, -0.05) is 19.9 Å². The fraction of sp³-hybridized carbons (Fsp3) is 0.400. The molecule has 14 heavy (non-hydrogen) atoms. The van der Waals surface area contributed by atoms with Gasteiger partial charge in [0.15, 0.2) is 9.84 Å². The second-order valence-electron chi connectivity index (χ2n) is 3.75. The van der Waals surface area contributed by atoms with Crippen molar-refractivity contribution in [1.82, 2.24) is 0 Å². The summed E-state index contributed by atoms with van der Waals surface area (Å²) in [7, 11) is -3.16. The molecule has 2 N–H and O–H groups in total. The Labute approximate surface area is 84.9 Å². The van der Waals surface area contributed by atoms with Crippen LogP contribution in [0.1, 0.15) is 13.8 Å². The Morgan fingerprint density at radius 1 is 1.36 bits per heavy atom. The summed E-state index contributed by atoms with van der Waals surface area (Å²) in [5.74, 6) is 0.289. The summed E-state index contributed by atoms with van der Waals surface area (Å²) in [6.45, 7) is 3.76. The van der Waals surface area contributed by atoms with E-state index in [1.807, 2.05) is 13.8 Å². The maximum absolute atomic E-state index is 11.7. The monoisotopic (exact) mass is 213 g/mol. The number of rotatable bonds is 3. The molecule has 1 aromatic rings. The summed E-state index contributed by atoms with van der Waals surface area (Å²) in [5, 5.41) is 0. The van der Waals surface area contributed by atoms with Crippen molar-refractivity contribution in [2.75, 3.05) is 11.5 Å². The molecule has 0 fully saturated rings. The molecule has 0 bridgehead atoms. The zero-order valence-corrected chi connectivity index (χ0v) is 9.21. The van der Waals surface area contributed by atoms with Crippen molar-refractivity contribution < 1.29 is 8.42 Å². The van der Waals surface area contributed by atoms with E-state index in [2.05, 4.69) is 0 Å². The number of nitrogen functional groups attached to an aromatic ring is 1. The van der Waals surface area contributed by atoms with Gasteiger partial charge < -0.3 is 5.73 Å². The predicted octanol–water partition coefficient (Wildman–Crippen LogP) is 1.70. The van der Waals surface area contributed by atoms with Gasteiger partial charge in [0.05, 0.1) is 10.6 Å². The summed E-state index contributed by atoms with van der Waals surface area (Å²) < 4.78 is 23.5. The molecule has 0 aliphatic carbocycles. The number of anilines is 1. The van der Waals surface area contributed by atoms with E-state index in [1.165, 1.54) is 6.07 Å². The number of sulfone groups is 1. The summed E-state index contributed by atoms with van der Waals surface area (Å²) in [5.41, 5.74) is 6.00. The topological polar surface area (TPSA) is 60.2 Å². The van der Waals surface area contributed by atoms with E-state index in [0.717, 1.165) is 0 Å². The lowest BCUT2D eigenvalue weighted by molar-refractivity contribution is 0.582. The molecule has 0 saturated heterocycles. The van der Waals surface area contributed by atoms with E-state index in [-0.39, 0.29) is 11.7 Å². The Hall–Kier alpha value is -1.03. The molecule has 0 saturated carbocycles. The first-order chi connectivity index (χ1) is 6.42. The van der Waals surface area contributed by atoms with Gasteiger partial charge in [-0.15, -0.1) is 0 Å². The maximum Gasteiger partial charge on any atom is 0.178 e. The highest BCUT2D eigenvalue weighted by Crippen LogP contribution is 2.16. The van der Waals surface area contributed by atoms with Crippen LogP contribution in [0.5, 0.6) is 0 Å². The molecule has 0 radical (unpaired) electrons. The van der Waals surface area contributed by atoms with Crippen LogP contribution in [0.3, 0.4) is 0 Å². The van der Waals surface area contributed by atoms with Crippen LogP contribution in [-0.2, 0) is 9.84 Å². The van der Waals surface area contributed by atoms with Crippen molar-refractivity contribution in [2.45, 2.75) is 18.7 Å². The van der Waals surface area contributed by atoms with Crippen LogP contribution < -0.4 is 5.73 Å². The smallest absolute Gasteiger partial charge is 0.178 e. The predicted molar refractivity (Wildman–Crippen MR) is 57.7 cm³/mol. The molecule has 1 rings (SSSR count). The molecule has 1 aromatic carbocycles. The number of nitrogens with two attached hydrogens (primary N) is 1. The fourth-order valence-corrected chi connectivity index (χ4v) is 2.91. The fourth-order valence-electron chi connectivity index (χ4n) is 1.24. The Morgan fingerprint density at radius 3 is 2.50 bits per heavy atom. The van der Waals surface area contributed by atoms with Crippen LogP contribution in [0.4, 0.5) is 5.69 Å². The molecule has 0 heterocycles. The first-order valence-corrected chi connectivity index (χ1v) is 6.15. The van der Waals surface area contributed by atoms with Crippen molar-refractivity contribution in [1.29, 1.82) is 0 Å². The molecule has 0 atom stereocenters. The van der Waals surface area contributed by atoms with E-state index in [1.54, 1.807) is 18.2 Å². The summed E-state index contributed by atoms with van der Waals surface area (Å²) in [6.07, 6.45) is 0. The van der Waals surface area contributed by atoms with Gasteiger partial charge in [-0.3, -0.25) is 0 Å². The first kappa shape index (κ1) is 11.0. The Balaban J connectivity index is 3.05. The van der Waals surface area contributed by atoms with E-state index in [9.17, 15) is 8.42 Å². The molecular weight excluding hydrogens is 198 g/mol. The van der Waals surface area contributed by atoms with Crippen molar-refractivity contribution in [3.05, 3.63) is 24.3 Å². The van der Waals surface area contributed by atoms with Crippen LogP contribution in [0.2, 0.25) is 0 Å². The Bertz CT molecular complexity index is 410. The van der Waals surface area contributed by atoms with Crippen LogP contribution in [-0.4, -0.2) is 14.2 Å². The zero-order valence-electron chi connectivity index (χ0n) is 8.40.